The van der Waals surface area contributed by atoms with Crippen LogP contribution in [0, 0.1) is 29.6 Å². The lowest BCUT2D eigenvalue weighted by Crippen LogP contribution is -2.06. The molecule has 3 rings (SSSR count). The van der Waals surface area contributed by atoms with Gasteiger partial charge in [0.1, 0.15) is 0 Å². The van der Waals surface area contributed by atoms with Crippen molar-refractivity contribution < 1.29 is 0 Å². The fraction of sp³-hybridized carbons (Fsp3) is 0.0952. The van der Waals surface area contributed by atoms with Crippen LogP contribution in [0.2, 0.25) is 0 Å². The van der Waals surface area contributed by atoms with E-state index in [4.69, 9.17) is 10.5 Å². The zero-order valence-electron chi connectivity index (χ0n) is 13.3. The van der Waals surface area contributed by atoms with E-state index >= 15 is 0 Å². The number of rotatable bonds is 3. The maximum Gasteiger partial charge on any atom is 0.0991 e. The Kier molecular flexibility index (Phi) is 4.36. The highest BCUT2D eigenvalue weighted by Crippen LogP contribution is 2.33. The Hall–Kier alpha value is -3.43. The highest BCUT2D eigenvalue weighted by Gasteiger charge is 2.19. The van der Waals surface area contributed by atoms with Gasteiger partial charge < -0.3 is 0 Å². The van der Waals surface area contributed by atoms with Crippen molar-refractivity contribution in [1.29, 1.82) is 10.5 Å². The van der Waals surface area contributed by atoms with Crippen LogP contribution in [0.1, 0.15) is 39.4 Å². The normalized spacial score (nSPS) is 10.2. The largest absolute Gasteiger partial charge is 0.261 e. The van der Waals surface area contributed by atoms with E-state index in [1.165, 1.54) is 0 Å². The molecule has 24 heavy (non-hydrogen) atoms. The van der Waals surface area contributed by atoms with E-state index in [-0.39, 0.29) is 5.92 Å². The van der Waals surface area contributed by atoms with Crippen molar-refractivity contribution in [3.63, 3.8) is 0 Å². The Morgan fingerprint density at radius 1 is 0.792 bits per heavy atom. The Bertz CT molecular complexity index is 869. The summed E-state index contributed by atoms with van der Waals surface area (Å²) < 4.78 is 0. The molecule has 0 aliphatic carbocycles. The van der Waals surface area contributed by atoms with Crippen molar-refractivity contribution in [1.82, 2.24) is 4.98 Å². The predicted molar refractivity (Wildman–Crippen MR) is 92.2 cm³/mol. The number of nitrogens with zero attached hydrogens (tertiary/aromatic N) is 3. The summed E-state index contributed by atoms with van der Waals surface area (Å²) >= 11 is 0. The zero-order chi connectivity index (χ0) is 16.9. The summed E-state index contributed by atoms with van der Waals surface area (Å²) in [6.45, 7) is 2.00. The van der Waals surface area contributed by atoms with E-state index in [1.54, 1.807) is 6.20 Å². The molecule has 3 heteroatoms. The monoisotopic (exact) mass is 309 g/mol. The van der Waals surface area contributed by atoms with Crippen molar-refractivity contribution in [3.05, 3.63) is 100 Å². The Labute approximate surface area is 141 Å². The average molecular weight is 309 g/mol. The van der Waals surface area contributed by atoms with Crippen molar-refractivity contribution in [2.45, 2.75) is 12.8 Å². The van der Waals surface area contributed by atoms with Crippen molar-refractivity contribution in [2.75, 3.05) is 0 Å². The van der Waals surface area contributed by atoms with E-state index in [9.17, 15) is 0 Å². The number of benzene rings is 2. The molecule has 0 atom stereocenters. The molecule has 0 bridgehead atoms. The number of pyridine rings is 1. The number of aryl methyl sites for hydroxylation is 1. The van der Waals surface area contributed by atoms with Gasteiger partial charge in [0.25, 0.3) is 0 Å². The molecule has 0 saturated carbocycles. The van der Waals surface area contributed by atoms with E-state index in [0.717, 1.165) is 22.4 Å². The van der Waals surface area contributed by atoms with E-state index in [2.05, 4.69) is 23.2 Å². The maximum absolute atomic E-state index is 9.01. The van der Waals surface area contributed by atoms with Gasteiger partial charge in [0.15, 0.2) is 0 Å². The average Bonchev–Trinajstić information content (AvgIpc) is 2.64. The summed E-state index contributed by atoms with van der Waals surface area (Å²) in [5.74, 6) is 0.0131. The van der Waals surface area contributed by atoms with Gasteiger partial charge in [-0.15, -0.1) is 0 Å². The standard InChI is InChI=1S/C21H15N3/c1-15-20(3-2-12-24-15)21(18-8-4-16(13-22)5-9-18)19-10-6-17(14-23)7-11-19/h2-12,21H,1H3. The predicted octanol–water partition coefficient (Wildman–Crippen LogP) is 4.31. The highest BCUT2D eigenvalue weighted by atomic mass is 14.7. The van der Waals surface area contributed by atoms with Gasteiger partial charge in [0.2, 0.25) is 0 Å². The van der Waals surface area contributed by atoms with Gasteiger partial charge in [-0.1, -0.05) is 30.3 Å². The van der Waals surface area contributed by atoms with Crippen LogP contribution in [0.15, 0.2) is 66.9 Å². The zero-order valence-corrected chi connectivity index (χ0v) is 13.3. The molecule has 0 spiro atoms. The summed E-state index contributed by atoms with van der Waals surface area (Å²) in [6, 6.07) is 23.6. The molecule has 1 heterocycles. The summed E-state index contributed by atoms with van der Waals surface area (Å²) in [7, 11) is 0. The van der Waals surface area contributed by atoms with Crippen LogP contribution in [0.25, 0.3) is 0 Å². The fourth-order valence-corrected chi connectivity index (χ4v) is 2.85. The molecule has 0 N–H and O–H groups in total. The molecule has 0 unspecified atom stereocenters. The maximum atomic E-state index is 9.01. The summed E-state index contributed by atoms with van der Waals surface area (Å²) in [6.07, 6.45) is 1.79. The lowest BCUT2D eigenvalue weighted by Gasteiger charge is -2.20. The molecular formula is C21H15N3. The molecule has 3 aromatic rings. The third-order valence-corrected chi connectivity index (χ3v) is 4.11. The fourth-order valence-electron chi connectivity index (χ4n) is 2.85. The second kappa shape index (κ2) is 6.77. The third kappa shape index (κ3) is 3.02. The molecular weight excluding hydrogens is 294 g/mol. The van der Waals surface area contributed by atoms with Crippen LogP contribution in [0.4, 0.5) is 0 Å². The summed E-state index contributed by atoms with van der Waals surface area (Å²) in [5, 5.41) is 18.0. The van der Waals surface area contributed by atoms with Gasteiger partial charge in [-0.05, 0) is 53.9 Å². The van der Waals surface area contributed by atoms with Crippen molar-refractivity contribution >= 4 is 0 Å². The Balaban J connectivity index is 2.14. The summed E-state index contributed by atoms with van der Waals surface area (Å²) in [4.78, 5) is 4.41. The second-order valence-corrected chi connectivity index (χ2v) is 5.58. The molecule has 0 amide bonds. The molecule has 0 aliphatic rings. The van der Waals surface area contributed by atoms with Gasteiger partial charge in [-0.3, -0.25) is 4.98 Å². The second-order valence-electron chi connectivity index (χ2n) is 5.58. The Morgan fingerprint density at radius 3 is 1.71 bits per heavy atom. The smallest absolute Gasteiger partial charge is 0.0991 e. The van der Waals surface area contributed by atoms with E-state index in [1.807, 2.05) is 61.5 Å². The van der Waals surface area contributed by atoms with Gasteiger partial charge in [0.05, 0.1) is 23.3 Å². The lowest BCUT2D eigenvalue weighted by molar-refractivity contribution is 0.938. The number of hydrogen-bond acceptors (Lipinski definition) is 3. The number of hydrogen-bond donors (Lipinski definition) is 0. The molecule has 2 aromatic carbocycles. The molecule has 1 aromatic heterocycles. The lowest BCUT2D eigenvalue weighted by atomic mass is 9.84. The van der Waals surface area contributed by atoms with Crippen molar-refractivity contribution in [3.8, 4) is 12.1 Å². The first-order valence-corrected chi connectivity index (χ1v) is 7.64. The van der Waals surface area contributed by atoms with Crippen molar-refractivity contribution in [2.24, 2.45) is 0 Å². The molecule has 0 radical (unpaired) electrons. The first-order valence-electron chi connectivity index (χ1n) is 7.64. The minimum atomic E-state index is 0.0131. The molecule has 114 valence electrons. The topological polar surface area (TPSA) is 60.5 Å². The number of aromatic nitrogens is 1. The van der Waals surface area contributed by atoms with Crippen LogP contribution >= 0.6 is 0 Å². The molecule has 3 nitrogen and oxygen atoms in total. The molecule has 0 fully saturated rings. The minimum Gasteiger partial charge on any atom is -0.261 e. The van der Waals surface area contributed by atoms with E-state index < -0.39 is 0 Å². The van der Waals surface area contributed by atoms with Gasteiger partial charge in [-0.25, -0.2) is 0 Å². The van der Waals surface area contributed by atoms with Gasteiger partial charge >= 0.3 is 0 Å². The molecule has 0 aliphatic heterocycles. The van der Waals surface area contributed by atoms with E-state index in [0.29, 0.717) is 11.1 Å². The van der Waals surface area contributed by atoms with Crippen LogP contribution < -0.4 is 0 Å². The van der Waals surface area contributed by atoms with Gasteiger partial charge in [0, 0.05) is 17.8 Å². The Morgan fingerprint density at radius 2 is 1.29 bits per heavy atom. The first-order chi connectivity index (χ1) is 11.7. The highest BCUT2D eigenvalue weighted by molar-refractivity contribution is 5.47. The quantitative estimate of drug-likeness (QED) is 0.724. The number of nitriles is 2. The van der Waals surface area contributed by atoms with Crippen LogP contribution in [0.3, 0.4) is 0 Å². The summed E-state index contributed by atoms with van der Waals surface area (Å²) in [5.41, 5.74) is 5.55. The SMILES string of the molecule is Cc1ncccc1C(c1ccc(C#N)cc1)c1ccc(C#N)cc1. The van der Waals surface area contributed by atoms with Crippen LogP contribution in [-0.4, -0.2) is 4.98 Å². The van der Waals surface area contributed by atoms with Gasteiger partial charge in [-0.2, -0.15) is 10.5 Å². The van der Waals surface area contributed by atoms with Crippen LogP contribution in [0.5, 0.6) is 0 Å². The van der Waals surface area contributed by atoms with Crippen LogP contribution in [-0.2, 0) is 0 Å². The third-order valence-electron chi connectivity index (χ3n) is 4.11. The first kappa shape index (κ1) is 15.5. The molecule has 0 saturated heterocycles. The minimum absolute atomic E-state index is 0.0131.